The average molecular weight is 298 g/mol. The van der Waals surface area contributed by atoms with E-state index in [2.05, 4.69) is 24.3 Å². The maximum Gasteiger partial charge on any atom is 0.155 e. The molecular weight excluding hydrogens is 272 g/mol. The zero-order valence-corrected chi connectivity index (χ0v) is 13.5. The first-order valence-corrected chi connectivity index (χ1v) is 8.27. The van der Waals surface area contributed by atoms with Crippen molar-refractivity contribution in [2.45, 2.75) is 44.9 Å². The molecule has 2 rings (SSSR count). The Balaban J connectivity index is 1.50. The van der Waals surface area contributed by atoms with Crippen LogP contribution < -0.4 is 4.74 Å². The molecule has 1 aliphatic carbocycles. The molecule has 1 aromatic carbocycles. The van der Waals surface area contributed by atoms with Crippen molar-refractivity contribution in [2.75, 3.05) is 7.11 Å². The van der Waals surface area contributed by atoms with Gasteiger partial charge in [0.15, 0.2) is 5.78 Å². The summed E-state index contributed by atoms with van der Waals surface area (Å²) in [5, 5.41) is 0. The number of aryl methyl sites for hydroxylation is 1. The van der Waals surface area contributed by atoms with Crippen molar-refractivity contribution in [3.8, 4) is 5.75 Å². The van der Waals surface area contributed by atoms with Gasteiger partial charge in [-0.25, -0.2) is 0 Å². The fourth-order valence-electron chi connectivity index (χ4n) is 2.75. The smallest absolute Gasteiger partial charge is 0.155 e. The number of ether oxygens (including phenoxy) is 1. The normalized spacial score (nSPS) is 17.5. The molecule has 2 heteroatoms. The Morgan fingerprint density at radius 3 is 2.64 bits per heavy atom. The Morgan fingerprint density at radius 1 is 1.14 bits per heavy atom. The molecule has 0 bridgehead atoms. The quantitative estimate of drug-likeness (QED) is 0.479. The molecule has 118 valence electrons. The number of hydrogen-bond acceptors (Lipinski definition) is 2. The van der Waals surface area contributed by atoms with Crippen LogP contribution in [0.4, 0.5) is 0 Å². The van der Waals surface area contributed by atoms with Gasteiger partial charge in [-0.05, 0) is 61.8 Å². The largest absolute Gasteiger partial charge is 0.497 e. The minimum Gasteiger partial charge on any atom is -0.497 e. The standard InChI is InChI=1S/C20H26O2/c1-22-20-14-11-17(12-15-20)8-6-4-2-3-5-7-9-18-10-13-19(21)16-18/h5,7,10-15,18H,2-4,6,8-9,16H2,1H3/b7-5-/t18-/m0/s1. The second-order valence-corrected chi connectivity index (χ2v) is 5.94. The molecule has 0 aliphatic heterocycles. The average Bonchev–Trinajstić information content (AvgIpc) is 2.96. The lowest BCUT2D eigenvalue weighted by molar-refractivity contribution is -0.114. The van der Waals surface area contributed by atoms with Gasteiger partial charge in [-0.15, -0.1) is 0 Å². The highest BCUT2D eigenvalue weighted by atomic mass is 16.5. The fourth-order valence-corrected chi connectivity index (χ4v) is 2.75. The van der Waals surface area contributed by atoms with Gasteiger partial charge in [-0.1, -0.05) is 36.8 Å². The Kier molecular flexibility index (Phi) is 6.95. The molecule has 0 saturated heterocycles. The Labute approximate surface area is 133 Å². The van der Waals surface area contributed by atoms with Gasteiger partial charge < -0.3 is 4.74 Å². The topological polar surface area (TPSA) is 26.3 Å². The molecule has 0 fully saturated rings. The van der Waals surface area contributed by atoms with Crippen LogP contribution >= 0.6 is 0 Å². The number of ketones is 1. The van der Waals surface area contributed by atoms with E-state index in [-0.39, 0.29) is 5.78 Å². The molecule has 0 aromatic heterocycles. The zero-order valence-electron chi connectivity index (χ0n) is 13.5. The minimum absolute atomic E-state index is 0.275. The van der Waals surface area contributed by atoms with Gasteiger partial charge in [-0.3, -0.25) is 4.79 Å². The summed E-state index contributed by atoms with van der Waals surface area (Å²) in [5.41, 5.74) is 1.38. The molecule has 0 radical (unpaired) electrons. The molecule has 0 unspecified atom stereocenters. The van der Waals surface area contributed by atoms with Crippen LogP contribution in [0.2, 0.25) is 0 Å². The van der Waals surface area contributed by atoms with Crippen LogP contribution in [0.15, 0.2) is 48.6 Å². The maximum absolute atomic E-state index is 11.1. The summed E-state index contributed by atoms with van der Waals surface area (Å²) in [5.74, 6) is 1.64. The predicted molar refractivity (Wildman–Crippen MR) is 91.2 cm³/mol. The third-order valence-electron chi connectivity index (χ3n) is 4.12. The third-order valence-corrected chi connectivity index (χ3v) is 4.12. The van der Waals surface area contributed by atoms with E-state index in [1.54, 1.807) is 13.2 Å². The van der Waals surface area contributed by atoms with E-state index in [9.17, 15) is 4.79 Å². The van der Waals surface area contributed by atoms with Gasteiger partial charge in [0, 0.05) is 6.42 Å². The number of methoxy groups -OCH3 is 1. The van der Waals surface area contributed by atoms with Crippen molar-refractivity contribution in [1.29, 1.82) is 0 Å². The molecule has 0 N–H and O–H groups in total. The van der Waals surface area contributed by atoms with Crippen molar-refractivity contribution in [3.05, 3.63) is 54.1 Å². The number of carbonyl (C=O) groups is 1. The van der Waals surface area contributed by atoms with E-state index >= 15 is 0 Å². The van der Waals surface area contributed by atoms with E-state index < -0.39 is 0 Å². The van der Waals surface area contributed by atoms with Crippen LogP contribution in [-0.2, 0) is 11.2 Å². The highest BCUT2D eigenvalue weighted by Crippen LogP contribution is 2.18. The molecule has 0 heterocycles. The zero-order chi connectivity index (χ0) is 15.6. The lowest BCUT2D eigenvalue weighted by Crippen LogP contribution is -1.94. The van der Waals surface area contributed by atoms with Crippen molar-refractivity contribution in [1.82, 2.24) is 0 Å². The lowest BCUT2D eigenvalue weighted by atomic mass is 10.0. The summed E-state index contributed by atoms with van der Waals surface area (Å²) in [6, 6.07) is 8.35. The molecule has 0 saturated carbocycles. The number of carbonyl (C=O) groups excluding carboxylic acids is 1. The summed E-state index contributed by atoms with van der Waals surface area (Å²) < 4.78 is 5.16. The van der Waals surface area contributed by atoms with E-state index in [1.807, 2.05) is 18.2 Å². The van der Waals surface area contributed by atoms with Gasteiger partial charge >= 0.3 is 0 Å². The van der Waals surface area contributed by atoms with Crippen LogP contribution in [0.1, 0.15) is 44.1 Å². The summed E-state index contributed by atoms with van der Waals surface area (Å²) in [4.78, 5) is 11.1. The van der Waals surface area contributed by atoms with Crippen LogP contribution in [0.3, 0.4) is 0 Å². The molecular formula is C20H26O2. The second kappa shape index (κ2) is 9.24. The minimum atomic E-state index is 0.275. The van der Waals surface area contributed by atoms with E-state index in [1.165, 1.54) is 24.8 Å². The van der Waals surface area contributed by atoms with E-state index in [4.69, 9.17) is 4.74 Å². The second-order valence-electron chi connectivity index (χ2n) is 5.94. The molecule has 22 heavy (non-hydrogen) atoms. The van der Waals surface area contributed by atoms with Gasteiger partial charge in [0.1, 0.15) is 5.75 Å². The number of rotatable bonds is 9. The van der Waals surface area contributed by atoms with Crippen molar-refractivity contribution in [2.24, 2.45) is 5.92 Å². The SMILES string of the molecule is COc1ccc(CCCCC/C=C\C[C@H]2C=CC(=O)C2)cc1. The maximum atomic E-state index is 11.1. The van der Waals surface area contributed by atoms with Gasteiger partial charge in [0.2, 0.25) is 0 Å². The van der Waals surface area contributed by atoms with Crippen molar-refractivity contribution >= 4 is 5.78 Å². The first kappa shape index (κ1) is 16.5. The number of hydrogen-bond donors (Lipinski definition) is 0. The fraction of sp³-hybridized carbons (Fsp3) is 0.450. The Hall–Kier alpha value is -1.83. The number of allylic oxidation sites excluding steroid dienone is 4. The molecule has 1 aliphatic rings. The van der Waals surface area contributed by atoms with E-state index in [0.717, 1.165) is 25.0 Å². The third kappa shape index (κ3) is 5.88. The highest BCUT2D eigenvalue weighted by Gasteiger charge is 2.13. The monoisotopic (exact) mass is 298 g/mol. The van der Waals surface area contributed by atoms with Gasteiger partial charge in [-0.2, -0.15) is 0 Å². The highest BCUT2D eigenvalue weighted by molar-refractivity contribution is 5.92. The predicted octanol–water partition coefficient (Wildman–Crippen LogP) is 4.89. The molecule has 0 spiro atoms. The molecule has 1 aromatic rings. The van der Waals surface area contributed by atoms with Crippen molar-refractivity contribution in [3.63, 3.8) is 0 Å². The van der Waals surface area contributed by atoms with E-state index in [0.29, 0.717) is 12.3 Å². The Bertz CT molecular complexity index is 511. The summed E-state index contributed by atoms with van der Waals surface area (Å²) in [7, 11) is 1.70. The summed E-state index contributed by atoms with van der Waals surface area (Å²) in [6.45, 7) is 0. The van der Waals surface area contributed by atoms with Crippen molar-refractivity contribution < 1.29 is 9.53 Å². The van der Waals surface area contributed by atoms with Crippen LogP contribution in [0, 0.1) is 5.92 Å². The first-order chi connectivity index (χ1) is 10.8. The molecule has 0 amide bonds. The Morgan fingerprint density at radius 2 is 1.95 bits per heavy atom. The summed E-state index contributed by atoms with van der Waals surface area (Å²) >= 11 is 0. The summed E-state index contributed by atoms with van der Waals surface area (Å²) in [6.07, 6.45) is 16.0. The van der Waals surface area contributed by atoms with Gasteiger partial charge in [0.05, 0.1) is 7.11 Å². The first-order valence-electron chi connectivity index (χ1n) is 8.27. The van der Waals surface area contributed by atoms with Crippen LogP contribution in [-0.4, -0.2) is 12.9 Å². The molecule has 2 nitrogen and oxygen atoms in total. The van der Waals surface area contributed by atoms with Gasteiger partial charge in [0.25, 0.3) is 0 Å². The molecule has 1 atom stereocenters. The van der Waals surface area contributed by atoms with Crippen LogP contribution in [0.5, 0.6) is 5.75 Å². The van der Waals surface area contributed by atoms with Crippen LogP contribution in [0.25, 0.3) is 0 Å². The number of benzene rings is 1. The number of unbranched alkanes of at least 4 members (excludes halogenated alkanes) is 3. The lowest BCUT2D eigenvalue weighted by Gasteiger charge is -2.03.